The van der Waals surface area contributed by atoms with Gasteiger partial charge in [0, 0.05) is 146 Å². The Labute approximate surface area is 671 Å². The molecule has 0 saturated carbocycles. The third-order valence-electron chi connectivity index (χ3n) is 21.3. The average molecular weight is 1630 g/mol. The monoisotopic (exact) mass is 1630 g/mol. The highest BCUT2D eigenvalue weighted by atomic mass is 19.4. The number of piperidine rings is 4. The first-order valence-corrected chi connectivity index (χ1v) is 39.2. The summed E-state index contributed by atoms with van der Waals surface area (Å²) in [5, 5.41) is 12.7. The molecule has 4 fully saturated rings. The topological polar surface area (TPSA) is 201 Å². The number of rotatable bonds is 24. The van der Waals surface area contributed by atoms with E-state index in [1.165, 1.54) is 0 Å². The van der Waals surface area contributed by atoms with Gasteiger partial charge in [-0.25, -0.2) is 39.9 Å². The third-order valence-corrected chi connectivity index (χ3v) is 21.3. The van der Waals surface area contributed by atoms with Crippen molar-refractivity contribution in [2.24, 2.45) is 23.7 Å². The van der Waals surface area contributed by atoms with Gasteiger partial charge in [0.25, 0.3) is 0 Å². The summed E-state index contributed by atoms with van der Waals surface area (Å²) in [4.78, 5) is 42.0. The van der Waals surface area contributed by atoms with Crippen molar-refractivity contribution in [3.8, 4) is 23.5 Å². The van der Waals surface area contributed by atoms with Gasteiger partial charge in [-0.1, -0.05) is 24.3 Å². The molecule has 12 heterocycles. The van der Waals surface area contributed by atoms with Crippen LogP contribution in [0.1, 0.15) is 172 Å². The molecule has 20 nitrogen and oxygen atoms in total. The summed E-state index contributed by atoms with van der Waals surface area (Å²) in [6.07, 6.45) is -9.42. The van der Waals surface area contributed by atoms with Crippen LogP contribution < -0.4 is 40.2 Å². The first-order chi connectivity index (χ1) is 55.0. The molecule has 116 heavy (non-hydrogen) atoms. The van der Waals surface area contributed by atoms with Crippen molar-refractivity contribution in [1.82, 2.24) is 59.5 Å². The fraction of sp³-hybridized carbons (Fsp3) is 0.524. The lowest BCUT2D eigenvalue weighted by Crippen LogP contribution is -2.39. The molecule has 0 unspecified atom stereocenters. The number of methoxy groups -OCH3 is 4. The zero-order chi connectivity index (χ0) is 84.1. The molecule has 8 aromatic rings. The molecule has 632 valence electrons. The number of aromatic nitrogens is 8. The van der Waals surface area contributed by atoms with Crippen molar-refractivity contribution in [3.63, 3.8) is 0 Å². The number of hydrogen-bond donors (Lipinski definition) is 4. The van der Waals surface area contributed by atoms with Crippen LogP contribution in [0, 0.1) is 51.4 Å². The molecular formula is C84H108F12N16O4. The largest absolute Gasteiger partial charge is 0.481 e. The van der Waals surface area contributed by atoms with Gasteiger partial charge in [0.1, 0.15) is 22.8 Å². The number of pyridine rings is 8. The Hall–Kier alpha value is -9.40. The number of aryl methyl sites for hydroxylation is 4. The second-order valence-corrected chi connectivity index (χ2v) is 30.2. The van der Waals surface area contributed by atoms with Gasteiger partial charge in [-0.15, -0.1) is 0 Å². The lowest BCUT2D eigenvalue weighted by molar-refractivity contribution is -0.142. The number of alkyl halides is 12. The van der Waals surface area contributed by atoms with Gasteiger partial charge in [0.15, 0.2) is 0 Å². The van der Waals surface area contributed by atoms with Gasteiger partial charge in [-0.2, -0.15) is 52.7 Å². The van der Waals surface area contributed by atoms with E-state index >= 15 is 0 Å². The summed E-state index contributed by atoms with van der Waals surface area (Å²) >= 11 is 0. The minimum absolute atomic E-state index is 0.146. The van der Waals surface area contributed by atoms with Gasteiger partial charge in [0.2, 0.25) is 23.5 Å². The van der Waals surface area contributed by atoms with Crippen molar-refractivity contribution in [3.05, 3.63) is 190 Å². The van der Waals surface area contributed by atoms with Crippen LogP contribution in [0.4, 0.5) is 75.4 Å². The number of nitrogens with zero attached hydrogens (tertiary/aromatic N) is 12. The molecule has 4 saturated heterocycles. The Kier molecular flexibility index (Phi) is 32.5. The number of ether oxygens (including phenoxy) is 4. The molecule has 12 rings (SSSR count). The number of likely N-dealkylation sites (tertiary alicyclic amines) is 4. The minimum Gasteiger partial charge on any atom is -0.481 e. The van der Waals surface area contributed by atoms with Crippen molar-refractivity contribution in [1.29, 1.82) is 0 Å². The number of hydrogen-bond acceptors (Lipinski definition) is 20. The van der Waals surface area contributed by atoms with E-state index in [4.69, 9.17) is 18.9 Å². The van der Waals surface area contributed by atoms with Gasteiger partial charge >= 0.3 is 24.7 Å². The lowest BCUT2D eigenvalue weighted by atomic mass is 9.96. The van der Waals surface area contributed by atoms with Crippen LogP contribution in [0.3, 0.4) is 0 Å². The fourth-order valence-electron chi connectivity index (χ4n) is 15.0. The van der Waals surface area contributed by atoms with E-state index < -0.39 is 47.5 Å². The summed E-state index contributed by atoms with van der Waals surface area (Å²) in [5.41, 5.74) is 3.65. The molecule has 0 aromatic carbocycles. The van der Waals surface area contributed by atoms with E-state index in [1.807, 2.05) is 72.8 Å². The van der Waals surface area contributed by atoms with Crippen LogP contribution in [0.2, 0.25) is 0 Å². The van der Waals surface area contributed by atoms with Gasteiger partial charge in [-0.05, 0) is 229 Å². The van der Waals surface area contributed by atoms with Crippen LogP contribution in [-0.2, 0) is 24.7 Å². The summed E-state index contributed by atoms with van der Waals surface area (Å²) < 4.78 is 177. The highest BCUT2D eigenvalue weighted by Crippen LogP contribution is 2.37. The quantitative estimate of drug-likeness (QED) is 0.0416. The molecule has 4 aliphatic rings. The predicted octanol–water partition coefficient (Wildman–Crippen LogP) is 18.8. The lowest BCUT2D eigenvalue weighted by Gasteiger charge is -2.36. The summed E-state index contributed by atoms with van der Waals surface area (Å²) in [5.74, 6) is 3.77. The Morgan fingerprint density at radius 2 is 0.517 bits per heavy atom. The highest BCUT2D eigenvalue weighted by Gasteiger charge is 2.38. The Morgan fingerprint density at radius 3 is 0.698 bits per heavy atom. The molecule has 32 heteroatoms. The van der Waals surface area contributed by atoms with E-state index in [1.54, 1.807) is 80.4 Å². The molecule has 0 bridgehead atoms. The number of anilines is 4. The number of halogens is 12. The molecule has 0 aliphatic carbocycles. The van der Waals surface area contributed by atoms with E-state index in [0.717, 1.165) is 151 Å². The second-order valence-electron chi connectivity index (χ2n) is 30.2. The summed E-state index contributed by atoms with van der Waals surface area (Å²) in [6, 6.07) is 34.5. The molecule has 0 amide bonds. The van der Waals surface area contributed by atoms with Crippen LogP contribution in [0.25, 0.3) is 0 Å². The van der Waals surface area contributed by atoms with Gasteiger partial charge in [-0.3, -0.25) is 19.6 Å². The van der Waals surface area contributed by atoms with E-state index in [9.17, 15) is 52.7 Å². The van der Waals surface area contributed by atoms with Crippen molar-refractivity contribution in [2.45, 2.75) is 156 Å². The maximum atomic E-state index is 13.0. The fourth-order valence-corrected chi connectivity index (χ4v) is 15.0. The third kappa shape index (κ3) is 27.4. The first-order valence-electron chi connectivity index (χ1n) is 39.2. The molecule has 8 atom stereocenters. The molecule has 4 N–H and O–H groups in total. The van der Waals surface area contributed by atoms with Crippen LogP contribution in [0.5, 0.6) is 23.5 Å². The summed E-state index contributed by atoms with van der Waals surface area (Å²) in [6.45, 7) is 24.6. The van der Waals surface area contributed by atoms with E-state index in [0.29, 0.717) is 119 Å². The van der Waals surface area contributed by atoms with Crippen molar-refractivity contribution >= 4 is 22.7 Å². The molecule has 0 radical (unpaired) electrons. The standard InChI is InChI=1S/4C21H27F3N4O/c4*1-14-10-17(11-19(26-14)21(22,23)24)25-12-16-6-5-9-28(13-16)15(2)18-7-4-8-20(27-18)29-3/h4*4,7-8,10-11,15-16H,5-6,9,12-13H2,1-3H3,(H,25,26)/t2*15-,16+;2*15-,16-/m1010/s1. The van der Waals surface area contributed by atoms with Gasteiger partial charge < -0.3 is 40.2 Å². The highest BCUT2D eigenvalue weighted by molar-refractivity contribution is 5.49. The predicted molar refractivity (Wildman–Crippen MR) is 424 cm³/mol. The molecule has 8 aromatic heterocycles. The first kappa shape index (κ1) is 90.5. The second kappa shape index (κ2) is 41.6. The van der Waals surface area contributed by atoms with Crippen LogP contribution in [0.15, 0.2) is 121 Å². The Morgan fingerprint density at radius 1 is 0.319 bits per heavy atom. The Balaban J connectivity index is 0.000000177. The normalized spacial score (nSPS) is 19.0. The zero-order valence-corrected chi connectivity index (χ0v) is 67.8. The van der Waals surface area contributed by atoms with Crippen molar-refractivity contribution in [2.75, 3.05) is 128 Å². The maximum Gasteiger partial charge on any atom is 0.433 e. The van der Waals surface area contributed by atoms with E-state index in [2.05, 4.69) is 108 Å². The van der Waals surface area contributed by atoms with Crippen LogP contribution in [-0.4, -0.2) is 166 Å². The smallest absolute Gasteiger partial charge is 0.433 e. The molecule has 4 aliphatic heterocycles. The molecular weight excluding hydrogens is 1530 g/mol. The minimum atomic E-state index is -4.44. The van der Waals surface area contributed by atoms with Crippen LogP contribution >= 0.6 is 0 Å². The number of nitrogens with one attached hydrogen (secondary N) is 4. The molecule has 0 spiro atoms. The maximum absolute atomic E-state index is 13.0. The van der Waals surface area contributed by atoms with E-state index in [-0.39, 0.29) is 24.2 Å². The SMILES string of the molecule is COc1cccc([C@@H](C)N2CCC[C@@H](CNc3cc(C)nc(C(F)(F)F)c3)C2)n1.COc1cccc([C@@H](C)N2CCC[C@H](CNc3cc(C)nc(C(F)(F)F)c3)C2)n1.COc1cccc([C@H](C)N2CCC[C@@H](CNc3cc(C)nc(C(F)(F)F)c3)C2)n1.COc1cccc([C@H](C)N2CCC[C@H](CNc3cc(C)nc(C(F)(F)F)c3)C2)n1. The van der Waals surface area contributed by atoms with Crippen molar-refractivity contribution < 1.29 is 71.6 Å². The average Bonchev–Trinajstić information content (AvgIpc) is 0.842. The zero-order valence-electron chi connectivity index (χ0n) is 67.8. The Bertz CT molecular complexity index is 3860. The van der Waals surface area contributed by atoms with Gasteiger partial charge in [0.05, 0.1) is 51.2 Å². The summed E-state index contributed by atoms with van der Waals surface area (Å²) in [7, 11) is 6.41.